The molecule has 1 aromatic heterocycles. The maximum atomic E-state index is 5.77. The highest BCUT2D eigenvalue weighted by molar-refractivity contribution is 6.30. The molecule has 3 heteroatoms. The normalized spacial score (nSPS) is 10.1. The van der Waals surface area contributed by atoms with Crippen LogP contribution in [-0.4, -0.2) is 0 Å². The van der Waals surface area contributed by atoms with Crippen molar-refractivity contribution < 1.29 is 4.42 Å². The Hall–Kier alpha value is -1.41. The van der Waals surface area contributed by atoms with E-state index in [0.717, 1.165) is 22.8 Å². The van der Waals surface area contributed by atoms with Crippen molar-refractivity contribution in [1.29, 1.82) is 0 Å². The number of hydrogen-bond donors (Lipinski definition) is 1. The van der Waals surface area contributed by atoms with Gasteiger partial charge in [-0.3, -0.25) is 0 Å². The quantitative estimate of drug-likeness (QED) is 0.833. The molecule has 0 bridgehead atoms. The van der Waals surface area contributed by atoms with Gasteiger partial charge in [0.05, 0.1) is 12.5 Å². The molecular weight excluding hydrogens is 198 g/mol. The van der Waals surface area contributed by atoms with Crippen LogP contribution in [-0.2, 0) is 6.54 Å². The summed E-state index contributed by atoms with van der Waals surface area (Å²) in [5.74, 6) is 0. The smallest absolute Gasteiger partial charge is 0.0952 e. The second-order valence-electron chi connectivity index (χ2n) is 2.99. The van der Waals surface area contributed by atoms with Crippen molar-refractivity contribution in [3.05, 3.63) is 53.4 Å². The lowest BCUT2D eigenvalue weighted by molar-refractivity contribution is 0.564. The van der Waals surface area contributed by atoms with E-state index in [0.29, 0.717) is 0 Å². The highest BCUT2D eigenvalue weighted by Gasteiger charge is 1.94. The van der Waals surface area contributed by atoms with Gasteiger partial charge in [0.1, 0.15) is 0 Å². The summed E-state index contributed by atoms with van der Waals surface area (Å²) in [4.78, 5) is 0. The summed E-state index contributed by atoms with van der Waals surface area (Å²) >= 11 is 5.77. The Morgan fingerprint density at radius 1 is 1.14 bits per heavy atom. The zero-order valence-corrected chi connectivity index (χ0v) is 8.29. The monoisotopic (exact) mass is 207 g/mol. The molecule has 2 nitrogen and oxygen atoms in total. The molecule has 0 aliphatic heterocycles. The van der Waals surface area contributed by atoms with Crippen LogP contribution in [0.1, 0.15) is 5.56 Å². The molecule has 1 aromatic carbocycles. The molecule has 1 heterocycles. The average molecular weight is 208 g/mol. The highest BCUT2D eigenvalue weighted by Crippen LogP contribution is 2.14. The zero-order valence-electron chi connectivity index (χ0n) is 7.53. The van der Waals surface area contributed by atoms with Crippen LogP contribution in [0.2, 0.25) is 5.02 Å². The summed E-state index contributed by atoms with van der Waals surface area (Å²) in [7, 11) is 0. The van der Waals surface area contributed by atoms with Gasteiger partial charge in [0.2, 0.25) is 0 Å². The number of benzene rings is 1. The Labute approximate surface area is 87.5 Å². The Morgan fingerprint density at radius 2 is 1.93 bits per heavy atom. The largest absolute Gasteiger partial charge is 0.472 e. The molecule has 1 N–H and O–H groups in total. The maximum absolute atomic E-state index is 5.77. The van der Waals surface area contributed by atoms with Gasteiger partial charge < -0.3 is 9.73 Å². The number of halogens is 1. The SMILES string of the molecule is Clc1ccc(NCc2ccoc2)cc1. The Balaban J connectivity index is 1.95. The van der Waals surface area contributed by atoms with Crippen molar-refractivity contribution in [1.82, 2.24) is 0 Å². The minimum Gasteiger partial charge on any atom is -0.472 e. The van der Waals surface area contributed by atoms with Crippen molar-refractivity contribution in [2.45, 2.75) is 6.54 Å². The van der Waals surface area contributed by atoms with Gasteiger partial charge in [-0.25, -0.2) is 0 Å². The zero-order chi connectivity index (χ0) is 9.80. The van der Waals surface area contributed by atoms with E-state index in [9.17, 15) is 0 Å². The fourth-order valence-corrected chi connectivity index (χ4v) is 1.29. The summed E-state index contributed by atoms with van der Waals surface area (Å²) in [6, 6.07) is 9.55. The van der Waals surface area contributed by atoms with Crippen LogP contribution in [0.25, 0.3) is 0 Å². The Morgan fingerprint density at radius 3 is 2.57 bits per heavy atom. The number of hydrogen-bond acceptors (Lipinski definition) is 2. The van der Waals surface area contributed by atoms with E-state index in [1.807, 2.05) is 30.3 Å². The van der Waals surface area contributed by atoms with Gasteiger partial charge in [0.25, 0.3) is 0 Å². The van der Waals surface area contributed by atoms with Gasteiger partial charge in [-0.2, -0.15) is 0 Å². The minimum atomic E-state index is 0.749. The van der Waals surface area contributed by atoms with Gasteiger partial charge in [-0.15, -0.1) is 0 Å². The summed E-state index contributed by atoms with van der Waals surface area (Å²) < 4.78 is 4.96. The number of nitrogens with one attached hydrogen (secondary N) is 1. The molecule has 0 spiro atoms. The van der Waals surface area contributed by atoms with Gasteiger partial charge in [-0.1, -0.05) is 11.6 Å². The molecule has 0 fully saturated rings. The first-order chi connectivity index (χ1) is 6.84. The molecule has 0 unspecified atom stereocenters. The van der Waals surface area contributed by atoms with Gasteiger partial charge in [-0.05, 0) is 30.3 Å². The second-order valence-corrected chi connectivity index (χ2v) is 3.43. The first kappa shape index (κ1) is 9.16. The fraction of sp³-hybridized carbons (Fsp3) is 0.0909. The molecular formula is C11H10ClNO. The molecule has 72 valence electrons. The van der Waals surface area contributed by atoms with Crippen molar-refractivity contribution in [3.8, 4) is 0 Å². The molecule has 0 saturated carbocycles. The molecule has 2 aromatic rings. The molecule has 0 amide bonds. The number of anilines is 1. The van der Waals surface area contributed by atoms with Crippen molar-refractivity contribution >= 4 is 17.3 Å². The summed E-state index contributed by atoms with van der Waals surface area (Å²) in [5.41, 5.74) is 2.18. The third-order valence-electron chi connectivity index (χ3n) is 1.92. The molecule has 0 atom stereocenters. The first-order valence-corrected chi connectivity index (χ1v) is 4.73. The average Bonchev–Trinajstić information content (AvgIpc) is 2.70. The van der Waals surface area contributed by atoms with E-state index in [4.69, 9.17) is 16.0 Å². The van der Waals surface area contributed by atoms with Crippen LogP contribution >= 0.6 is 11.6 Å². The maximum Gasteiger partial charge on any atom is 0.0952 e. The molecule has 0 aliphatic rings. The standard InChI is InChI=1S/C11H10ClNO/c12-10-1-3-11(4-2-10)13-7-9-5-6-14-8-9/h1-6,8,13H,7H2. The van der Waals surface area contributed by atoms with Crippen molar-refractivity contribution in [3.63, 3.8) is 0 Å². The van der Waals surface area contributed by atoms with E-state index in [1.165, 1.54) is 0 Å². The number of furan rings is 1. The second kappa shape index (κ2) is 4.20. The highest BCUT2D eigenvalue weighted by atomic mass is 35.5. The fourth-order valence-electron chi connectivity index (χ4n) is 1.17. The van der Waals surface area contributed by atoms with Crippen LogP contribution in [0.5, 0.6) is 0 Å². The Bertz CT molecular complexity index is 380. The van der Waals surface area contributed by atoms with E-state index in [1.54, 1.807) is 12.5 Å². The predicted octanol–water partition coefficient (Wildman–Crippen LogP) is 3.55. The van der Waals surface area contributed by atoms with E-state index in [-0.39, 0.29) is 0 Å². The molecule has 0 aliphatic carbocycles. The van der Waals surface area contributed by atoms with Crippen LogP contribution in [0.3, 0.4) is 0 Å². The minimum absolute atomic E-state index is 0.749. The van der Waals surface area contributed by atoms with Crippen molar-refractivity contribution in [2.24, 2.45) is 0 Å². The first-order valence-electron chi connectivity index (χ1n) is 4.35. The molecule has 2 rings (SSSR count). The summed E-state index contributed by atoms with van der Waals surface area (Å²) in [6.45, 7) is 0.762. The summed E-state index contributed by atoms with van der Waals surface area (Å²) in [6.07, 6.45) is 3.39. The van der Waals surface area contributed by atoms with E-state index >= 15 is 0 Å². The summed E-state index contributed by atoms with van der Waals surface area (Å²) in [5, 5.41) is 4.00. The lowest BCUT2D eigenvalue weighted by Gasteiger charge is -2.03. The van der Waals surface area contributed by atoms with Gasteiger partial charge in [0, 0.05) is 22.8 Å². The third-order valence-corrected chi connectivity index (χ3v) is 2.17. The van der Waals surface area contributed by atoms with E-state index < -0.39 is 0 Å². The van der Waals surface area contributed by atoms with Crippen LogP contribution in [0.15, 0.2) is 47.3 Å². The lowest BCUT2D eigenvalue weighted by Crippen LogP contribution is -1.97. The van der Waals surface area contributed by atoms with Crippen LogP contribution in [0, 0.1) is 0 Å². The predicted molar refractivity (Wildman–Crippen MR) is 57.5 cm³/mol. The van der Waals surface area contributed by atoms with Crippen LogP contribution in [0.4, 0.5) is 5.69 Å². The lowest BCUT2D eigenvalue weighted by atomic mass is 10.3. The van der Waals surface area contributed by atoms with E-state index in [2.05, 4.69) is 5.32 Å². The molecule has 0 radical (unpaired) electrons. The van der Waals surface area contributed by atoms with Crippen LogP contribution < -0.4 is 5.32 Å². The topological polar surface area (TPSA) is 25.2 Å². The third kappa shape index (κ3) is 2.30. The van der Waals surface area contributed by atoms with Gasteiger partial charge >= 0.3 is 0 Å². The Kier molecular flexibility index (Phi) is 2.75. The van der Waals surface area contributed by atoms with Gasteiger partial charge in [0.15, 0.2) is 0 Å². The molecule has 0 saturated heterocycles. The number of rotatable bonds is 3. The molecule has 14 heavy (non-hydrogen) atoms. The van der Waals surface area contributed by atoms with Crippen molar-refractivity contribution in [2.75, 3.05) is 5.32 Å².